The van der Waals surface area contributed by atoms with Gasteiger partial charge in [0.15, 0.2) is 5.41 Å². The molecule has 3 aliphatic rings. The summed E-state index contributed by atoms with van der Waals surface area (Å²) in [7, 11) is 0. The largest absolute Gasteiger partial charge is 0.355 e. The molecule has 29 heavy (non-hydrogen) atoms. The minimum Gasteiger partial charge on any atom is -0.355 e. The SMILES string of the molecule is O=C1NC(=O)C2(Cc3ccccc3N3CC[NH+](Cc4ccccc4)C[C@@H]32)C(=O)N1. The first-order valence-electron chi connectivity index (χ1n) is 9.97. The maximum atomic E-state index is 13.1. The van der Waals surface area contributed by atoms with Crippen molar-refractivity contribution in [3.8, 4) is 0 Å². The lowest BCUT2D eigenvalue weighted by Gasteiger charge is -2.52. The van der Waals surface area contributed by atoms with E-state index in [0.717, 1.165) is 30.9 Å². The molecule has 7 heteroatoms. The maximum absolute atomic E-state index is 13.1. The number of amides is 4. The molecule has 3 N–H and O–H groups in total. The molecular formula is C22H23N4O3+. The predicted octanol–water partition coefficient (Wildman–Crippen LogP) is -0.131. The van der Waals surface area contributed by atoms with Crippen molar-refractivity contribution in [2.45, 2.75) is 19.0 Å². The number of barbiturate groups is 1. The van der Waals surface area contributed by atoms with Gasteiger partial charge in [0, 0.05) is 17.7 Å². The number of hydrogen-bond donors (Lipinski definition) is 3. The molecule has 2 aromatic carbocycles. The van der Waals surface area contributed by atoms with Crippen molar-refractivity contribution in [3.63, 3.8) is 0 Å². The molecule has 2 aromatic rings. The minimum atomic E-state index is -1.30. The van der Waals surface area contributed by atoms with Gasteiger partial charge in [0.2, 0.25) is 11.8 Å². The van der Waals surface area contributed by atoms with Crippen LogP contribution in [0.15, 0.2) is 54.6 Å². The Morgan fingerprint density at radius 1 is 0.966 bits per heavy atom. The number of carbonyl (C=O) groups excluding carboxylic acids is 3. The van der Waals surface area contributed by atoms with E-state index < -0.39 is 23.3 Å². The van der Waals surface area contributed by atoms with Crippen molar-refractivity contribution in [1.82, 2.24) is 10.6 Å². The summed E-state index contributed by atoms with van der Waals surface area (Å²) in [5, 5.41) is 4.71. The van der Waals surface area contributed by atoms with Crippen LogP contribution in [-0.2, 0) is 22.6 Å². The number of rotatable bonds is 2. The Morgan fingerprint density at radius 3 is 2.41 bits per heavy atom. The Labute approximate surface area is 168 Å². The normalized spacial score (nSPS) is 25.1. The average Bonchev–Trinajstić information content (AvgIpc) is 2.72. The summed E-state index contributed by atoms with van der Waals surface area (Å²) >= 11 is 0. The Balaban J connectivity index is 1.53. The summed E-state index contributed by atoms with van der Waals surface area (Å²) in [5.41, 5.74) is 1.98. The number of carbonyl (C=O) groups is 3. The highest BCUT2D eigenvalue weighted by molar-refractivity contribution is 6.20. The number of piperazine rings is 1. The molecule has 0 radical (unpaired) electrons. The molecule has 2 fully saturated rings. The zero-order chi connectivity index (χ0) is 20.0. The van der Waals surface area contributed by atoms with E-state index in [1.54, 1.807) is 0 Å². The van der Waals surface area contributed by atoms with Crippen LogP contribution in [0, 0.1) is 5.41 Å². The molecule has 0 bridgehead atoms. The van der Waals surface area contributed by atoms with Crippen LogP contribution in [0.2, 0.25) is 0 Å². The van der Waals surface area contributed by atoms with Crippen LogP contribution in [0.3, 0.4) is 0 Å². The first kappa shape index (κ1) is 17.9. The van der Waals surface area contributed by atoms with Crippen LogP contribution in [0.25, 0.3) is 0 Å². The van der Waals surface area contributed by atoms with Crippen LogP contribution in [0.5, 0.6) is 0 Å². The van der Waals surface area contributed by atoms with Crippen LogP contribution in [0.4, 0.5) is 10.5 Å². The molecule has 0 aromatic heterocycles. The van der Waals surface area contributed by atoms with Gasteiger partial charge < -0.3 is 9.80 Å². The van der Waals surface area contributed by atoms with E-state index in [1.165, 1.54) is 10.5 Å². The van der Waals surface area contributed by atoms with E-state index in [0.29, 0.717) is 13.0 Å². The molecule has 5 rings (SSSR count). The second-order valence-corrected chi connectivity index (χ2v) is 8.09. The predicted molar refractivity (Wildman–Crippen MR) is 106 cm³/mol. The standard InChI is InChI=1S/C22H22N4O3/c27-19-22(20(28)24-21(29)23-19)12-16-8-4-5-9-17(16)26-11-10-25(14-18(22)26)13-15-6-2-1-3-7-15/h1-9,18H,10-14H2,(H2,23,24,27,28,29)/p+1/t18-/m1/s1. The van der Waals surface area contributed by atoms with E-state index in [-0.39, 0.29) is 6.04 Å². The lowest BCUT2D eigenvalue weighted by Crippen LogP contribution is -3.15. The zero-order valence-corrected chi connectivity index (χ0v) is 16.0. The third kappa shape index (κ3) is 2.81. The number of nitrogens with zero attached hydrogens (tertiary/aromatic N) is 1. The molecule has 3 aliphatic heterocycles. The molecule has 2 saturated heterocycles. The monoisotopic (exact) mass is 391 g/mol. The van der Waals surface area contributed by atoms with E-state index in [9.17, 15) is 14.4 Å². The molecule has 148 valence electrons. The summed E-state index contributed by atoms with van der Waals surface area (Å²) in [5.74, 6) is -0.978. The molecular weight excluding hydrogens is 368 g/mol. The van der Waals surface area contributed by atoms with E-state index in [2.05, 4.69) is 33.7 Å². The number of hydrogen-bond acceptors (Lipinski definition) is 4. The van der Waals surface area contributed by atoms with Crippen molar-refractivity contribution < 1.29 is 19.3 Å². The van der Waals surface area contributed by atoms with Gasteiger partial charge in [-0.3, -0.25) is 20.2 Å². The molecule has 2 atom stereocenters. The highest BCUT2D eigenvalue weighted by Crippen LogP contribution is 2.42. The second kappa shape index (κ2) is 6.70. The molecule has 0 saturated carbocycles. The fourth-order valence-electron chi connectivity index (χ4n) is 5.08. The molecule has 1 spiro atoms. The topological polar surface area (TPSA) is 83.0 Å². The lowest BCUT2D eigenvalue weighted by atomic mass is 9.68. The van der Waals surface area contributed by atoms with Crippen LogP contribution in [0.1, 0.15) is 11.1 Å². The number of anilines is 1. The van der Waals surface area contributed by atoms with Crippen LogP contribution in [-0.4, -0.2) is 43.5 Å². The number of urea groups is 1. The lowest BCUT2D eigenvalue weighted by molar-refractivity contribution is -0.917. The summed E-state index contributed by atoms with van der Waals surface area (Å²) in [6.07, 6.45) is 0.300. The zero-order valence-electron chi connectivity index (χ0n) is 16.0. The van der Waals surface area contributed by atoms with E-state index in [4.69, 9.17) is 0 Å². The molecule has 0 aliphatic carbocycles. The molecule has 3 heterocycles. The van der Waals surface area contributed by atoms with Gasteiger partial charge in [0.25, 0.3) is 0 Å². The summed E-state index contributed by atoms with van der Waals surface area (Å²) in [6, 6.07) is 17.1. The van der Waals surface area contributed by atoms with Crippen LogP contribution < -0.4 is 20.4 Å². The van der Waals surface area contributed by atoms with Gasteiger partial charge >= 0.3 is 6.03 Å². The number of benzene rings is 2. The Kier molecular flexibility index (Phi) is 4.13. The highest BCUT2D eigenvalue weighted by atomic mass is 16.2. The van der Waals surface area contributed by atoms with Crippen LogP contribution >= 0.6 is 0 Å². The molecule has 4 amide bonds. The van der Waals surface area contributed by atoms with Gasteiger partial charge in [-0.1, -0.05) is 48.5 Å². The fourth-order valence-corrected chi connectivity index (χ4v) is 5.08. The fraction of sp³-hybridized carbons (Fsp3) is 0.318. The number of imide groups is 2. The summed E-state index contributed by atoms with van der Waals surface area (Å²) in [4.78, 5) is 41.4. The van der Waals surface area contributed by atoms with E-state index >= 15 is 0 Å². The number of fused-ring (bicyclic) bond motifs is 4. The van der Waals surface area contributed by atoms with E-state index in [1.807, 2.05) is 36.4 Å². The summed E-state index contributed by atoms with van der Waals surface area (Å²) in [6.45, 7) is 3.15. The highest BCUT2D eigenvalue weighted by Gasteiger charge is 2.61. The van der Waals surface area contributed by atoms with Gasteiger partial charge in [-0.25, -0.2) is 4.79 Å². The first-order chi connectivity index (χ1) is 14.1. The van der Waals surface area contributed by atoms with Crippen molar-refractivity contribution in [2.75, 3.05) is 24.5 Å². The molecule has 1 unspecified atom stereocenters. The van der Waals surface area contributed by atoms with Gasteiger partial charge in [-0.15, -0.1) is 0 Å². The summed E-state index contributed by atoms with van der Waals surface area (Å²) < 4.78 is 0. The van der Waals surface area contributed by atoms with Gasteiger partial charge in [0.1, 0.15) is 12.6 Å². The second-order valence-electron chi connectivity index (χ2n) is 8.09. The molecule has 7 nitrogen and oxygen atoms in total. The Bertz CT molecular complexity index is 971. The number of para-hydroxylation sites is 1. The third-order valence-electron chi connectivity index (χ3n) is 6.47. The van der Waals surface area contributed by atoms with Gasteiger partial charge in [-0.05, 0) is 11.6 Å². The Morgan fingerprint density at radius 2 is 1.66 bits per heavy atom. The Hall–Kier alpha value is -3.19. The maximum Gasteiger partial charge on any atom is 0.328 e. The minimum absolute atomic E-state index is 0.300. The van der Waals surface area contributed by atoms with Crippen molar-refractivity contribution in [3.05, 3.63) is 65.7 Å². The number of quaternary nitrogens is 1. The van der Waals surface area contributed by atoms with Gasteiger partial charge in [0.05, 0.1) is 19.6 Å². The van der Waals surface area contributed by atoms with Crippen molar-refractivity contribution in [1.29, 1.82) is 0 Å². The average molecular weight is 391 g/mol. The smallest absolute Gasteiger partial charge is 0.328 e. The van der Waals surface area contributed by atoms with Crippen molar-refractivity contribution in [2.24, 2.45) is 5.41 Å². The first-order valence-corrected chi connectivity index (χ1v) is 9.97. The number of nitrogens with one attached hydrogen (secondary N) is 3. The van der Waals surface area contributed by atoms with Gasteiger partial charge in [-0.2, -0.15) is 0 Å². The quantitative estimate of drug-likeness (QED) is 0.623. The van der Waals surface area contributed by atoms with Crippen molar-refractivity contribution >= 4 is 23.5 Å². The third-order valence-corrected chi connectivity index (χ3v) is 6.47.